The Kier molecular flexibility index (Phi) is 2.56. The summed E-state index contributed by atoms with van der Waals surface area (Å²) >= 11 is 5.63. The Bertz CT molecular complexity index is 422. The summed E-state index contributed by atoms with van der Waals surface area (Å²) in [5, 5.41) is 3.30. The van der Waals surface area contributed by atoms with Gasteiger partial charge in [0.25, 0.3) is 5.89 Å². The van der Waals surface area contributed by atoms with Crippen molar-refractivity contribution in [2.24, 2.45) is 0 Å². The molecule has 0 atom stereocenters. The van der Waals surface area contributed by atoms with Crippen LogP contribution < -0.4 is 5.32 Å². The predicted molar refractivity (Wildman–Crippen MR) is 52.0 cm³/mol. The van der Waals surface area contributed by atoms with Crippen LogP contribution in [0, 0.1) is 0 Å². The van der Waals surface area contributed by atoms with E-state index in [0.29, 0.717) is 23.4 Å². The van der Waals surface area contributed by atoms with Crippen LogP contribution in [0.4, 0.5) is 0 Å². The Morgan fingerprint density at radius 1 is 1.50 bits per heavy atom. The highest BCUT2D eigenvalue weighted by Gasteiger charge is 2.09. The molecule has 0 aliphatic heterocycles. The minimum absolute atomic E-state index is 0.327. The van der Waals surface area contributed by atoms with Crippen LogP contribution in [0.3, 0.4) is 0 Å². The molecule has 0 fully saturated rings. The molecule has 0 aromatic carbocycles. The van der Waals surface area contributed by atoms with Crippen molar-refractivity contribution in [1.82, 2.24) is 10.3 Å². The van der Waals surface area contributed by atoms with Crippen molar-refractivity contribution in [3.05, 3.63) is 29.3 Å². The summed E-state index contributed by atoms with van der Waals surface area (Å²) in [6.45, 7) is 0.665. The van der Waals surface area contributed by atoms with E-state index < -0.39 is 0 Å². The zero-order valence-electron chi connectivity index (χ0n) is 7.58. The van der Waals surface area contributed by atoms with Crippen LogP contribution in [0.1, 0.15) is 5.69 Å². The van der Waals surface area contributed by atoms with Gasteiger partial charge in [-0.2, -0.15) is 0 Å². The molecule has 0 saturated heterocycles. The number of furan rings is 1. The van der Waals surface area contributed by atoms with Crippen LogP contribution in [0.25, 0.3) is 11.7 Å². The molecule has 0 spiro atoms. The molecule has 0 unspecified atom stereocenters. The summed E-state index contributed by atoms with van der Waals surface area (Å²) < 4.78 is 10.4. The third-order valence-electron chi connectivity index (χ3n) is 1.69. The summed E-state index contributed by atoms with van der Waals surface area (Å²) in [6, 6.07) is 3.37. The summed E-state index contributed by atoms with van der Waals surface area (Å²) in [4.78, 5) is 4.20. The quantitative estimate of drug-likeness (QED) is 0.848. The topological polar surface area (TPSA) is 51.2 Å². The molecular weight excluding hydrogens is 204 g/mol. The van der Waals surface area contributed by atoms with Gasteiger partial charge in [0.15, 0.2) is 11.0 Å². The minimum Gasteiger partial charge on any atom is -0.442 e. The van der Waals surface area contributed by atoms with Gasteiger partial charge in [-0.25, -0.2) is 4.98 Å². The first kappa shape index (κ1) is 9.30. The lowest BCUT2D eigenvalue weighted by Gasteiger charge is -1.89. The molecule has 2 rings (SSSR count). The zero-order chi connectivity index (χ0) is 9.97. The van der Waals surface area contributed by atoms with Crippen molar-refractivity contribution >= 4 is 11.6 Å². The maximum Gasteiger partial charge on any atom is 0.263 e. The van der Waals surface area contributed by atoms with Gasteiger partial charge in [0, 0.05) is 6.54 Å². The first-order chi connectivity index (χ1) is 6.79. The van der Waals surface area contributed by atoms with Crippen LogP contribution in [0.2, 0.25) is 5.22 Å². The third kappa shape index (κ3) is 1.81. The molecule has 0 bridgehead atoms. The first-order valence-corrected chi connectivity index (χ1v) is 4.52. The van der Waals surface area contributed by atoms with Crippen molar-refractivity contribution in [2.45, 2.75) is 6.54 Å². The Balaban J connectivity index is 2.24. The number of hydrogen-bond donors (Lipinski definition) is 1. The molecule has 0 amide bonds. The zero-order valence-corrected chi connectivity index (χ0v) is 8.34. The smallest absolute Gasteiger partial charge is 0.263 e. The summed E-state index contributed by atoms with van der Waals surface area (Å²) in [7, 11) is 1.85. The van der Waals surface area contributed by atoms with Crippen LogP contribution in [0.5, 0.6) is 0 Å². The van der Waals surface area contributed by atoms with E-state index >= 15 is 0 Å². The molecule has 14 heavy (non-hydrogen) atoms. The van der Waals surface area contributed by atoms with Gasteiger partial charge in [-0.05, 0) is 30.8 Å². The maximum absolute atomic E-state index is 5.63. The Hall–Kier alpha value is -1.26. The highest BCUT2D eigenvalue weighted by Crippen LogP contribution is 2.23. The molecular formula is C9H9ClN2O2. The van der Waals surface area contributed by atoms with E-state index in [0.717, 1.165) is 5.69 Å². The molecule has 0 saturated carbocycles. The van der Waals surface area contributed by atoms with E-state index in [-0.39, 0.29) is 0 Å². The number of oxazole rings is 1. The van der Waals surface area contributed by atoms with Crippen molar-refractivity contribution < 1.29 is 8.83 Å². The van der Waals surface area contributed by atoms with E-state index in [1.54, 1.807) is 18.4 Å². The average Bonchev–Trinajstić information content (AvgIpc) is 2.74. The molecule has 0 aliphatic carbocycles. The second-order valence-electron chi connectivity index (χ2n) is 2.78. The largest absolute Gasteiger partial charge is 0.442 e. The summed E-state index contributed by atoms with van der Waals surface area (Å²) in [6.07, 6.45) is 1.59. The average molecular weight is 213 g/mol. The highest BCUT2D eigenvalue weighted by atomic mass is 35.5. The second-order valence-corrected chi connectivity index (χ2v) is 3.15. The first-order valence-electron chi connectivity index (χ1n) is 4.14. The van der Waals surface area contributed by atoms with E-state index in [4.69, 9.17) is 20.4 Å². The summed E-state index contributed by atoms with van der Waals surface area (Å²) in [5.74, 6) is 0.986. The van der Waals surface area contributed by atoms with Gasteiger partial charge in [0.05, 0.1) is 5.69 Å². The van der Waals surface area contributed by atoms with E-state index in [1.807, 2.05) is 7.05 Å². The molecule has 1 N–H and O–H groups in total. The van der Waals surface area contributed by atoms with Crippen LogP contribution in [-0.2, 0) is 6.54 Å². The molecule has 74 valence electrons. The van der Waals surface area contributed by atoms with Crippen molar-refractivity contribution in [1.29, 1.82) is 0 Å². The van der Waals surface area contributed by atoms with E-state index in [2.05, 4.69) is 10.3 Å². The van der Waals surface area contributed by atoms with Gasteiger partial charge in [0.1, 0.15) is 6.26 Å². The maximum atomic E-state index is 5.63. The predicted octanol–water partition coefficient (Wildman–Crippen LogP) is 2.31. The fourth-order valence-corrected chi connectivity index (χ4v) is 1.26. The lowest BCUT2D eigenvalue weighted by Crippen LogP contribution is -2.04. The van der Waals surface area contributed by atoms with Crippen molar-refractivity contribution in [2.75, 3.05) is 7.05 Å². The fraction of sp³-hybridized carbons (Fsp3) is 0.222. The van der Waals surface area contributed by atoms with Gasteiger partial charge < -0.3 is 14.2 Å². The van der Waals surface area contributed by atoms with E-state index in [9.17, 15) is 0 Å². The number of hydrogen-bond acceptors (Lipinski definition) is 4. The number of aromatic nitrogens is 1. The third-order valence-corrected chi connectivity index (χ3v) is 1.90. The monoisotopic (exact) mass is 212 g/mol. The second kappa shape index (κ2) is 3.86. The van der Waals surface area contributed by atoms with Gasteiger partial charge in [0.2, 0.25) is 0 Å². The number of nitrogens with zero attached hydrogens (tertiary/aromatic N) is 1. The molecule has 0 aliphatic rings. The number of nitrogens with one attached hydrogen (secondary N) is 1. The minimum atomic E-state index is 0.327. The molecule has 4 nitrogen and oxygen atoms in total. The van der Waals surface area contributed by atoms with Gasteiger partial charge in [-0.3, -0.25) is 0 Å². The van der Waals surface area contributed by atoms with Crippen molar-refractivity contribution in [3.8, 4) is 11.7 Å². The standard InChI is InChI=1S/C9H9ClN2O2/c1-11-4-6-5-13-9(12-6)7-2-3-8(10)14-7/h2-3,5,11H,4H2,1H3. The molecule has 5 heteroatoms. The fourth-order valence-electron chi connectivity index (χ4n) is 1.11. The lowest BCUT2D eigenvalue weighted by atomic mass is 10.4. The van der Waals surface area contributed by atoms with Crippen LogP contribution >= 0.6 is 11.6 Å². The van der Waals surface area contributed by atoms with Crippen LogP contribution in [-0.4, -0.2) is 12.0 Å². The van der Waals surface area contributed by atoms with Crippen molar-refractivity contribution in [3.63, 3.8) is 0 Å². The molecule has 2 aromatic rings. The Morgan fingerprint density at radius 3 is 3.00 bits per heavy atom. The Labute approximate surface area is 85.9 Å². The normalized spacial score (nSPS) is 10.7. The lowest BCUT2D eigenvalue weighted by molar-refractivity contribution is 0.517. The number of rotatable bonds is 3. The van der Waals surface area contributed by atoms with Gasteiger partial charge in [-0.1, -0.05) is 0 Å². The van der Waals surface area contributed by atoms with Crippen LogP contribution in [0.15, 0.2) is 27.2 Å². The SMILES string of the molecule is CNCc1coc(-c2ccc(Cl)o2)n1. The Morgan fingerprint density at radius 2 is 2.36 bits per heavy atom. The molecule has 2 heterocycles. The summed E-state index contributed by atoms with van der Waals surface area (Å²) in [5.41, 5.74) is 0.829. The van der Waals surface area contributed by atoms with E-state index in [1.165, 1.54) is 0 Å². The molecule has 0 radical (unpaired) electrons. The molecule has 2 aromatic heterocycles. The highest BCUT2D eigenvalue weighted by molar-refractivity contribution is 6.28. The number of halogens is 1. The van der Waals surface area contributed by atoms with Gasteiger partial charge in [-0.15, -0.1) is 0 Å². The van der Waals surface area contributed by atoms with Gasteiger partial charge >= 0.3 is 0 Å².